The number of nitrogens with one attached hydrogen (secondary N) is 1. The van der Waals surface area contributed by atoms with Crippen molar-refractivity contribution in [2.75, 3.05) is 5.32 Å². The first-order valence-corrected chi connectivity index (χ1v) is 9.06. The lowest BCUT2D eigenvalue weighted by molar-refractivity contribution is -0.137. The molecule has 3 unspecified atom stereocenters. The second-order valence-electron chi connectivity index (χ2n) is 6.53. The zero-order chi connectivity index (χ0) is 18.0. The van der Waals surface area contributed by atoms with Crippen molar-refractivity contribution in [3.8, 4) is 0 Å². The van der Waals surface area contributed by atoms with E-state index in [1.54, 1.807) is 6.07 Å². The van der Waals surface area contributed by atoms with Crippen molar-refractivity contribution in [3.63, 3.8) is 0 Å². The van der Waals surface area contributed by atoms with E-state index in [1.807, 2.05) is 32.0 Å². The van der Waals surface area contributed by atoms with Crippen molar-refractivity contribution >= 4 is 5.69 Å². The Labute approximate surface area is 147 Å². The monoisotopic (exact) mass is 347 g/mol. The van der Waals surface area contributed by atoms with Crippen molar-refractivity contribution in [1.82, 2.24) is 0 Å². The van der Waals surface area contributed by atoms with Gasteiger partial charge in [0.05, 0.1) is 11.6 Å². The van der Waals surface area contributed by atoms with Gasteiger partial charge in [-0.15, -0.1) is 0 Å². The van der Waals surface area contributed by atoms with Crippen LogP contribution in [-0.4, -0.2) is 0 Å². The fourth-order valence-corrected chi connectivity index (χ4v) is 4.22. The Morgan fingerprint density at radius 2 is 1.68 bits per heavy atom. The standard InChI is InChI=1S/C19H18F3N.C2H6/c20-19(21,22)13-9-10-17-16(11-13)14-7-4-8-15(14)18(23-17)12-5-2-1-3-6-12;1-2/h1-3,5-6,9-11,14-15,18,23H,4,7-8H2;1-2H3. The Kier molecular flexibility index (Phi) is 5.07. The average molecular weight is 347 g/mol. The molecule has 1 aliphatic carbocycles. The molecule has 0 saturated heterocycles. The van der Waals surface area contributed by atoms with Gasteiger partial charge >= 0.3 is 6.18 Å². The maximum Gasteiger partial charge on any atom is 0.416 e. The normalized spacial score (nSPS) is 24.4. The molecule has 1 heterocycles. The van der Waals surface area contributed by atoms with Crippen LogP contribution in [0.25, 0.3) is 0 Å². The third kappa shape index (κ3) is 3.39. The van der Waals surface area contributed by atoms with Gasteiger partial charge in [0.15, 0.2) is 0 Å². The average Bonchev–Trinajstić information content (AvgIpc) is 3.12. The molecule has 1 saturated carbocycles. The van der Waals surface area contributed by atoms with Gasteiger partial charge in [0.2, 0.25) is 0 Å². The molecule has 2 aromatic carbocycles. The molecule has 3 atom stereocenters. The van der Waals surface area contributed by atoms with Crippen molar-refractivity contribution in [3.05, 3.63) is 65.2 Å². The first-order valence-electron chi connectivity index (χ1n) is 9.06. The first kappa shape index (κ1) is 17.8. The van der Waals surface area contributed by atoms with Crippen LogP contribution in [0.3, 0.4) is 0 Å². The zero-order valence-corrected chi connectivity index (χ0v) is 14.6. The molecule has 1 N–H and O–H groups in total. The topological polar surface area (TPSA) is 12.0 Å². The van der Waals surface area contributed by atoms with Crippen molar-refractivity contribution in [2.45, 2.75) is 51.2 Å². The maximum absolute atomic E-state index is 13.0. The quantitative estimate of drug-likeness (QED) is 0.599. The van der Waals surface area contributed by atoms with Crippen LogP contribution in [-0.2, 0) is 6.18 Å². The minimum atomic E-state index is -4.28. The largest absolute Gasteiger partial charge is 0.416 e. The van der Waals surface area contributed by atoms with Crippen LogP contribution in [0.2, 0.25) is 0 Å². The van der Waals surface area contributed by atoms with Crippen LogP contribution in [0.4, 0.5) is 18.9 Å². The highest BCUT2D eigenvalue weighted by Crippen LogP contribution is 2.53. The smallest absolute Gasteiger partial charge is 0.378 e. The van der Waals surface area contributed by atoms with E-state index in [0.717, 1.165) is 30.5 Å². The molecule has 1 aliphatic heterocycles. The summed E-state index contributed by atoms with van der Waals surface area (Å²) in [7, 11) is 0. The van der Waals surface area contributed by atoms with Gasteiger partial charge in [-0.3, -0.25) is 0 Å². The molecular formula is C21H24F3N. The van der Waals surface area contributed by atoms with E-state index in [1.165, 1.54) is 17.7 Å². The summed E-state index contributed by atoms with van der Waals surface area (Å²) in [6.07, 6.45) is -1.16. The molecule has 1 fully saturated rings. The lowest BCUT2D eigenvalue weighted by atomic mass is 9.77. The number of benzene rings is 2. The first-order chi connectivity index (χ1) is 12.0. The molecule has 0 amide bonds. The van der Waals surface area contributed by atoms with E-state index in [2.05, 4.69) is 17.4 Å². The van der Waals surface area contributed by atoms with Gasteiger partial charge in [0, 0.05) is 5.69 Å². The van der Waals surface area contributed by atoms with Crippen molar-refractivity contribution in [1.29, 1.82) is 0 Å². The summed E-state index contributed by atoms with van der Waals surface area (Å²) in [6, 6.07) is 14.5. The Hall–Kier alpha value is -1.97. The van der Waals surface area contributed by atoms with Gasteiger partial charge in [-0.25, -0.2) is 0 Å². The minimum Gasteiger partial charge on any atom is -0.378 e. The molecule has 0 aromatic heterocycles. The number of hydrogen-bond acceptors (Lipinski definition) is 1. The van der Waals surface area contributed by atoms with Gasteiger partial charge in [-0.2, -0.15) is 13.2 Å². The van der Waals surface area contributed by atoms with Crippen LogP contribution < -0.4 is 5.32 Å². The lowest BCUT2D eigenvalue weighted by Gasteiger charge is -2.38. The van der Waals surface area contributed by atoms with Crippen LogP contribution in [0.15, 0.2) is 48.5 Å². The molecule has 0 bridgehead atoms. The highest BCUT2D eigenvalue weighted by Gasteiger charge is 2.41. The molecular weight excluding hydrogens is 323 g/mol. The summed E-state index contributed by atoms with van der Waals surface area (Å²) < 4.78 is 39.1. The Balaban J connectivity index is 0.000000880. The van der Waals surface area contributed by atoms with Crippen LogP contribution in [0.1, 0.15) is 61.8 Å². The van der Waals surface area contributed by atoms with E-state index >= 15 is 0 Å². The molecule has 4 heteroatoms. The summed E-state index contributed by atoms with van der Waals surface area (Å²) in [5.41, 5.74) is 2.38. The van der Waals surface area contributed by atoms with Crippen molar-refractivity contribution < 1.29 is 13.2 Å². The number of alkyl halides is 3. The summed E-state index contributed by atoms with van der Waals surface area (Å²) in [5.74, 6) is 0.590. The second kappa shape index (κ2) is 7.11. The van der Waals surface area contributed by atoms with Gasteiger partial charge in [0.25, 0.3) is 0 Å². The predicted molar refractivity (Wildman–Crippen MR) is 95.7 cm³/mol. The highest BCUT2D eigenvalue weighted by molar-refractivity contribution is 5.59. The van der Waals surface area contributed by atoms with Gasteiger partial charge in [-0.05, 0) is 54.0 Å². The fourth-order valence-electron chi connectivity index (χ4n) is 4.22. The second-order valence-corrected chi connectivity index (χ2v) is 6.53. The third-order valence-corrected chi connectivity index (χ3v) is 5.25. The number of rotatable bonds is 1. The zero-order valence-electron chi connectivity index (χ0n) is 14.6. The van der Waals surface area contributed by atoms with Gasteiger partial charge < -0.3 is 5.32 Å². The van der Waals surface area contributed by atoms with Crippen molar-refractivity contribution in [2.24, 2.45) is 5.92 Å². The highest BCUT2D eigenvalue weighted by atomic mass is 19.4. The molecule has 4 rings (SSSR count). The molecule has 1 nitrogen and oxygen atoms in total. The molecule has 25 heavy (non-hydrogen) atoms. The lowest BCUT2D eigenvalue weighted by Crippen LogP contribution is -2.29. The summed E-state index contributed by atoms with van der Waals surface area (Å²) in [6.45, 7) is 4.00. The number of halogens is 3. The van der Waals surface area contributed by atoms with E-state index in [-0.39, 0.29) is 12.0 Å². The van der Waals surface area contributed by atoms with Crippen LogP contribution in [0, 0.1) is 5.92 Å². The maximum atomic E-state index is 13.0. The number of fused-ring (bicyclic) bond motifs is 3. The van der Waals surface area contributed by atoms with E-state index in [4.69, 9.17) is 0 Å². The van der Waals surface area contributed by atoms with Gasteiger partial charge in [0.1, 0.15) is 0 Å². The molecule has 2 aromatic rings. The number of hydrogen-bond donors (Lipinski definition) is 1. The summed E-state index contributed by atoms with van der Waals surface area (Å²) in [5, 5.41) is 3.50. The van der Waals surface area contributed by atoms with Gasteiger partial charge in [-0.1, -0.05) is 50.6 Å². The summed E-state index contributed by atoms with van der Waals surface area (Å²) >= 11 is 0. The van der Waals surface area contributed by atoms with E-state index < -0.39 is 11.7 Å². The predicted octanol–water partition coefficient (Wildman–Crippen LogP) is 6.78. The third-order valence-electron chi connectivity index (χ3n) is 5.25. The van der Waals surface area contributed by atoms with E-state index in [0.29, 0.717) is 5.92 Å². The molecule has 2 aliphatic rings. The fraction of sp³-hybridized carbons (Fsp3) is 0.429. The summed E-state index contributed by atoms with van der Waals surface area (Å²) in [4.78, 5) is 0. The van der Waals surface area contributed by atoms with E-state index in [9.17, 15) is 13.2 Å². The Morgan fingerprint density at radius 1 is 0.960 bits per heavy atom. The van der Waals surface area contributed by atoms with Crippen LogP contribution >= 0.6 is 0 Å². The SMILES string of the molecule is CC.FC(F)(F)c1ccc2c(c1)C1CCCC1C(c1ccccc1)N2. The molecule has 0 spiro atoms. The number of anilines is 1. The molecule has 0 radical (unpaired) electrons. The Bertz CT molecular complexity index is 709. The minimum absolute atomic E-state index is 0.188. The molecule has 134 valence electrons. The van der Waals surface area contributed by atoms with Crippen LogP contribution in [0.5, 0.6) is 0 Å². The Morgan fingerprint density at radius 3 is 2.36 bits per heavy atom.